The van der Waals surface area contributed by atoms with Crippen molar-refractivity contribution in [1.29, 1.82) is 0 Å². The predicted octanol–water partition coefficient (Wildman–Crippen LogP) is -15.4. The fourth-order valence-electron chi connectivity index (χ4n) is 0. The van der Waals surface area contributed by atoms with E-state index in [0.717, 1.165) is 0 Å². The van der Waals surface area contributed by atoms with Crippen molar-refractivity contribution in [2.24, 2.45) is 0 Å². The zero-order valence-corrected chi connectivity index (χ0v) is 18.7. The van der Waals surface area contributed by atoms with Crippen LogP contribution in [0.3, 0.4) is 0 Å². The van der Waals surface area contributed by atoms with E-state index in [9.17, 15) is 0 Å². The summed E-state index contributed by atoms with van der Waals surface area (Å²) in [5, 5.41) is 0. The van der Waals surface area contributed by atoms with E-state index in [0.29, 0.717) is 0 Å². The van der Waals surface area contributed by atoms with Crippen LogP contribution in [0.5, 0.6) is 0 Å². The van der Waals surface area contributed by atoms with Crippen LogP contribution in [0, 0.1) is 0 Å². The van der Waals surface area contributed by atoms with Crippen molar-refractivity contribution in [2.75, 3.05) is 0 Å². The minimum absolute atomic E-state index is 0. The third-order valence-corrected chi connectivity index (χ3v) is 0. The Morgan fingerprint density at radius 3 is 0.238 bits per heavy atom. The van der Waals surface area contributed by atoms with E-state index in [1.165, 1.54) is 0 Å². The molecule has 0 rings (SSSR count). The Morgan fingerprint density at radius 2 is 0.238 bits per heavy atom. The average molecular weight is 606 g/mol. The molecular weight excluding hydrogens is 606 g/mol. The molecule has 0 aromatic heterocycles. The van der Waals surface area contributed by atoms with E-state index in [4.69, 9.17) is 57.5 Å². The first-order chi connectivity index (χ1) is 6.00. The van der Waals surface area contributed by atoms with Gasteiger partial charge in [0.1, 0.15) is 0 Å². The van der Waals surface area contributed by atoms with E-state index in [1.807, 2.05) is 0 Å². The summed E-state index contributed by atoms with van der Waals surface area (Å²) in [5.41, 5.74) is 0. The standard InChI is InChI=1S/6Mn.3O4Si/c;;;;;;3*1-5(2,3)4/q6*+2;3*-4. The van der Waals surface area contributed by atoms with Crippen molar-refractivity contribution >= 4 is 27.1 Å². The van der Waals surface area contributed by atoms with Crippen LogP contribution in [0.15, 0.2) is 0 Å². The van der Waals surface area contributed by atoms with Gasteiger partial charge in [0.05, 0.1) is 0 Å². The number of rotatable bonds is 0. The Labute approximate surface area is 185 Å². The first kappa shape index (κ1) is 56.4. The van der Waals surface area contributed by atoms with Crippen molar-refractivity contribution in [3.05, 3.63) is 0 Å². The maximum atomic E-state index is 8.58. The molecule has 21 heavy (non-hydrogen) atoms. The number of hydrogen-bond donors (Lipinski definition) is 0. The van der Waals surface area contributed by atoms with Crippen molar-refractivity contribution < 1.29 is 160 Å². The molecule has 21 heteroatoms. The SMILES string of the molecule is [Mn+2].[Mn+2].[Mn+2].[Mn+2].[Mn+2].[Mn+2].[O-][Si]([O-])([O-])[O-].[O-][Si]([O-])([O-])[O-].[O-][Si]([O-])([O-])[O-]. The molecule has 0 spiro atoms. The normalized spacial score (nSPS) is 8.57. The first-order valence-electron chi connectivity index (χ1n) is 2.45. The molecule has 0 saturated carbocycles. The van der Waals surface area contributed by atoms with Crippen LogP contribution in [-0.4, -0.2) is 27.1 Å². The second kappa shape index (κ2) is 25.5. The molecule has 0 aromatic rings. The Balaban J connectivity index is -0.0000000129. The molecule has 0 aliphatic heterocycles. The molecule has 0 aromatic carbocycles. The van der Waals surface area contributed by atoms with Gasteiger partial charge in [-0.25, -0.2) is 0 Å². The number of hydrogen-bond acceptors (Lipinski definition) is 12. The molecule has 0 aliphatic carbocycles. The predicted molar refractivity (Wildman–Crippen MR) is 17.3 cm³/mol. The van der Waals surface area contributed by atoms with Crippen LogP contribution in [0.1, 0.15) is 0 Å². The van der Waals surface area contributed by atoms with Gasteiger partial charge in [0.15, 0.2) is 0 Å². The third-order valence-electron chi connectivity index (χ3n) is 0. The summed E-state index contributed by atoms with van der Waals surface area (Å²) in [7, 11) is -16.8. The van der Waals surface area contributed by atoms with E-state index in [1.54, 1.807) is 0 Å². The van der Waals surface area contributed by atoms with Crippen molar-refractivity contribution in [1.82, 2.24) is 0 Å². The Bertz CT molecular complexity index is 104. The van der Waals surface area contributed by atoms with Crippen LogP contribution in [0.2, 0.25) is 0 Å². The van der Waals surface area contributed by atoms with E-state index < -0.39 is 27.1 Å². The van der Waals surface area contributed by atoms with Gasteiger partial charge in [-0.15, -0.1) is 0 Å². The Hall–Kier alpha value is 3.29. The molecule has 126 valence electrons. The van der Waals surface area contributed by atoms with Gasteiger partial charge >= 0.3 is 102 Å². The van der Waals surface area contributed by atoms with Crippen molar-refractivity contribution in [3.63, 3.8) is 0 Å². The largest absolute Gasteiger partial charge is 2.00 e. The summed E-state index contributed by atoms with van der Waals surface area (Å²) in [6.07, 6.45) is 0. The van der Waals surface area contributed by atoms with Crippen molar-refractivity contribution in [3.8, 4) is 0 Å². The summed E-state index contributed by atoms with van der Waals surface area (Å²) in [6.45, 7) is 0. The van der Waals surface area contributed by atoms with Gasteiger partial charge in [-0.2, -0.15) is 0 Å². The van der Waals surface area contributed by atoms with E-state index in [2.05, 4.69) is 0 Å². The summed E-state index contributed by atoms with van der Waals surface area (Å²) in [4.78, 5) is 103. The zero-order chi connectivity index (χ0) is 13.5. The molecule has 0 unspecified atom stereocenters. The quantitative estimate of drug-likeness (QED) is 0.233. The van der Waals surface area contributed by atoms with Gasteiger partial charge in [0.25, 0.3) is 0 Å². The van der Waals surface area contributed by atoms with Gasteiger partial charge in [0.2, 0.25) is 0 Å². The molecule has 12 nitrogen and oxygen atoms in total. The molecule has 0 heterocycles. The topological polar surface area (TPSA) is 277 Å². The molecule has 0 saturated heterocycles. The average Bonchev–Trinajstić information content (AvgIpc) is 1.41. The summed E-state index contributed by atoms with van der Waals surface area (Å²) >= 11 is 0. The molecule has 0 amide bonds. The van der Waals surface area contributed by atoms with Crippen molar-refractivity contribution in [2.45, 2.75) is 0 Å². The van der Waals surface area contributed by atoms with Gasteiger partial charge in [-0.05, 0) is 0 Å². The fraction of sp³-hybridized carbons (Fsp3) is 0. The third kappa shape index (κ3) is 976. The molecule has 0 bridgehead atoms. The Kier molecular flexibility index (Phi) is 68.5. The maximum absolute atomic E-state index is 8.58. The maximum Gasteiger partial charge on any atom is 2.00 e. The van der Waals surface area contributed by atoms with Crippen LogP contribution in [-0.2, 0) is 102 Å². The first-order valence-corrected chi connectivity index (χ1v) is 7.35. The van der Waals surface area contributed by atoms with Crippen LogP contribution in [0.25, 0.3) is 0 Å². The van der Waals surface area contributed by atoms with Crippen LogP contribution in [0.4, 0.5) is 0 Å². The Morgan fingerprint density at radius 1 is 0.238 bits per heavy atom. The summed E-state index contributed by atoms with van der Waals surface area (Å²) in [5.74, 6) is 0. The van der Waals surface area contributed by atoms with Gasteiger partial charge in [0, 0.05) is 0 Å². The van der Waals surface area contributed by atoms with Crippen LogP contribution < -0.4 is 57.5 Å². The minimum Gasteiger partial charge on any atom is -0.894 e. The molecule has 0 aliphatic rings. The molecule has 0 atom stereocenters. The molecule has 6 radical (unpaired) electrons. The zero-order valence-electron chi connectivity index (χ0n) is 8.67. The monoisotopic (exact) mass is 605 g/mol. The molecule has 0 N–H and O–H groups in total. The smallest absolute Gasteiger partial charge is 0.894 e. The van der Waals surface area contributed by atoms with E-state index in [-0.39, 0.29) is 102 Å². The van der Waals surface area contributed by atoms with Gasteiger partial charge < -0.3 is 84.7 Å². The van der Waals surface area contributed by atoms with E-state index >= 15 is 0 Å². The summed E-state index contributed by atoms with van der Waals surface area (Å²) in [6, 6.07) is 0. The van der Waals surface area contributed by atoms with Crippen LogP contribution >= 0.6 is 0 Å². The second-order valence-corrected chi connectivity index (χ2v) is 4.50. The molecular formula is Mn6O12Si3. The van der Waals surface area contributed by atoms with Gasteiger partial charge in [-0.1, -0.05) is 0 Å². The second-order valence-electron chi connectivity index (χ2n) is 1.50. The summed E-state index contributed by atoms with van der Waals surface area (Å²) < 4.78 is 0. The molecule has 0 fully saturated rings. The fourth-order valence-corrected chi connectivity index (χ4v) is 0. The van der Waals surface area contributed by atoms with Gasteiger partial charge in [-0.3, -0.25) is 0 Å². The minimum atomic E-state index is -5.61.